The van der Waals surface area contributed by atoms with Crippen molar-refractivity contribution in [3.63, 3.8) is 0 Å². The first kappa shape index (κ1) is 14.8. The lowest BCUT2D eigenvalue weighted by Crippen LogP contribution is -2.21. The van der Waals surface area contributed by atoms with Gasteiger partial charge in [0.2, 0.25) is 0 Å². The van der Waals surface area contributed by atoms with E-state index in [-0.39, 0.29) is 16.6 Å². The topological polar surface area (TPSA) is 77.8 Å². The number of aliphatic hydroxyl groups excluding tert-OH is 2. The van der Waals surface area contributed by atoms with Crippen LogP contribution in [0, 0.1) is 0 Å². The Morgan fingerprint density at radius 1 is 1.20 bits per heavy atom. The summed E-state index contributed by atoms with van der Waals surface area (Å²) in [5, 5.41) is 31.6. The Morgan fingerprint density at radius 3 is 2.60 bits per heavy atom. The molecule has 0 aliphatic carbocycles. The van der Waals surface area contributed by atoms with Crippen molar-refractivity contribution in [3.8, 4) is 5.75 Å². The van der Waals surface area contributed by atoms with E-state index >= 15 is 0 Å². The number of rotatable bonds is 4. The fourth-order valence-corrected chi connectivity index (χ4v) is 2.67. The predicted molar refractivity (Wildman–Crippen MR) is 79.7 cm³/mol. The third-order valence-electron chi connectivity index (χ3n) is 3.07. The van der Waals surface area contributed by atoms with Crippen molar-refractivity contribution in [2.75, 3.05) is 5.75 Å². The summed E-state index contributed by atoms with van der Waals surface area (Å²) in [4.78, 5) is 10.9. The molecule has 0 bridgehead atoms. The van der Waals surface area contributed by atoms with E-state index in [9.17, 15) is 20.1 Å². The van der Waals surface area contributed by atoms with E-state index < -0.39 is 12.2 Å². The van der Waals surface area contributed by atoms with Crippen molar-refractivity contribution >= 4 is 27.6 Å². The number of hydrogen-bond acceptors (Lipinski definition) is 5. The lowest BCUT2D eigenvalue weighted by atomic mass is 9.97. The van der Waals surface area contributed by atoms with Crippen molar-refractivity contribution in [1.82, 2.24) is 0 Å². The second-order valence-corrected chi connectivity index (χ2v) is 5.73. The maximum Gasteiger partial charge on any atom is 0.185 e. The van der Waals surface area contributed by atoms with Crippen LogP contribution in [0.5, 0.6) is 5.75 Å². The summed E-state index contributed by atoms with van der Waals surface area (Å²) in [7, 11) is 0. The lowest BCUT2D eigenvalue weighted by molar-refractivity contribution is -0.109. The zero-order valence-corrected chi connectivity index (χ0v) is 11.8. The summed E-state index contributed by atoms with van der Waals surface area (Å²) in [5.74, 6) is 0.0159. The van der Waals surface area contributed by atoms with E-state index in [1.807, 2.05) is 12.1 Å². The number of phenolic OH excluding ortho intramolecular Hbond substituents is 1. The Hall–Kier alpha value is -1.56. The molecule has 0 spiro atoms. The highest BCUT2D eigenvalue weighted by atomic mass is 32.2. The minimum Gasteiger partial charge on any atom is -0.508 e. The normalized spacial score (nSPS) is 14.2. The molecule has 0 heterocycles. The van der Waals surface area contributed by atoms with Crippen LogP contribution in [0.25, 0.3) is 10.8 Å². The number of carbonyl (C=O) groups is 1. The van der Waals surface area contributed by atoms with Gasteiger partial charge in [0.15, 0.2) is 5.12 Å². The number of fused-ring (bicyclic) bond motifs is 1. The van der Waals surface area contributed by atoms with Crippen molar-refractivity contribution < 1.29 is 20.1 Å². The van der Waals surface area contributed by atoms with Gasteiger partial charge in [0, 0.05) is 18.2 Å². The molecule has 0 aliphatic rings. The average molecular weight is 292 g/mol. The van der Waals surface area contributed by atoms with Gasteiger partial charge in [-0.1, -0.05) is 42.1 Å². The smallest absolute Gasteiger partial charge is 0.185 e. The van der Waals surface area contributed by atoms with Gasteiger partial charge < -0.3 is 15.3 Å². The number of thioether (sulfide) groups is 1. The summed E-state index contributed by atoms with van der Waals surface area (Å²) in [6, 6.07) is 10.5. The third kappa shape index (κ3) is 3.12. The van der Waals surface area contributed by atoms with Crippen molar-refractivity contribution in [3.05, 3.63) is 42.0 Å². The first-order chi connectivity index (χ1) is 9.50. The van der Waals surface area contributed by atoms with Crippen LogP contribution in [-0.2, 0) is 4.79 Å². The largest absolute Gasteiger partial charge is 0.508 e. The van der Waals surface area contributed by atoms with Crippen molar-refractivity contribution in [2.45, 2.75) is 19.1 Å². The molecule has 2 atom stereocenters. The van der Waals surface area contributed by atoms with Gasteiger partial charge in [-0.15, -0.1) is 0 Å². The van der Waals surface area contributed by atoms with Gasteiger partial charge in [-0.05, 0) is 16.8 Å². The molecule has 0 aliphatic heterocycles. The van der Waals surface area contributed by atoms with E-state index in [4.69, 9.17) is 0 Å². The number of carbonyl (C=O) groups excluding carboxylic acids is 1. The zero-order chi connectivity index (χ0) is 14.7. The molecule has 0 fully saturated rings. The summed E-state index contributed by atoms with van der Waals surface area (Å²) < 4.78 is 0. The highest BCUT2D eigenvalue weighted by Gasteiger charge is 2.23. The van der Waals surface area contributed by atoms with E-state index in [0.717, 1.165) is 17.1 Å². The van der Waals surface area contributed by atoms with Gasteiger partial charge in [-0.25, -0.2) is 0 Å². The molecule has 0 amide bonds. The predicted octanol–water partition coefficient (Wildman–Crippen LogP) is 2.22. The first-order valence-corrected chi connectivity index (χ1v) is 7.19. The number of hydrogen-bond donors (Lipinski definition) is 3. The highest BCUT2D eigenvalue weighted by Crippen LogP contribution is 2.34. The Kier molecular flexibility index (Phi) is 4.65. The Bertz CT molecular complexity index is 626. The molecule has 0 radical (unpaired) electrons. The third-order valence-corrected chi connectivity index (χ3v) is 3.98. The van der Waals surface area contributed by atoms with Crippen LogP contribution in [-0.4, -0.2) is 32.3 Å². The molecule has 0 saturated heterocycles. The van der Waals surface area contributed by atoms with Crippen LogP contribution < -0.4 is 0 Å². The lowest BCUT2D eigenvalue weighted by Gasteiger charge is -2.20. The minimum atomic E-state index is -1.24. The molecule has 2 unspecified atom stereocenters. The summed E-state index contributed by atoms with van der Waals surface area (Å²) in [6.07, 6.45) is -2.37. The van der Waals surface area contributed by atoms with Crippen LogP contribution >= 0.6 is 11.8 Å². The second-order valence-electron chi connectivity index (χ2n) is 4.53. The number of aliphatic hydroxyl groups is 2. The second kappa shape index (κ2) is 6.26. The molecule has 20 heavy (non-hydrogen) atoms. The SMILES string of the molecule is CC(=O)SCC(O)C(O)c1c(O)ccc2ccccc12. The van der Waals surface area contributed by atoms with Crippen LogP contribution in [0.15, 0.2) is 36.4 Å². The number of benzene rings is 2. The molecular weight excluding hydrogens is 276 g/mol. The molecule has 0 aromatic heterocycles. The van der Waals surface area contributed by atoms with Crippen molar-refractivity contribution in [2.24, 2.45) is 0 Å². The van der Waals surface area contributed by atoms with Crippen LogP contribution in [0.1, 0.15) is 18.6 Å². The van der Waals surface area contributed by atoms with Crippen LogP contribution in [0.2, 0.25) is 0 Å². The molecule has 2 aromatic rings. The standard InChI is InChI=1S/C15H16O4S/c1-9(16)20-8-13(18)15(19)14-11-5-3-2-4-10(11)6-7-12(14)17/h2-7,13,15,17-19H,8H2,1H3. The Labute approximate surface area is 121 Å². The Morgan fingerprint density at radius 2 is 1.90 bits per heavy atom. The van der Waals surface area contributed by atoms with Gasteiger partial charge in [-0.2, -0.15) is 0 Å². The summed E-state index contributed by atoms with van der Waals surface area (Å²) in [5.41, 5.74) is 0.291. The van der Waals surface area contributed by atoms with Gasteiger partial charge in [0.05, 0.1) is 6.10 Å². The van der Waals surface area contributed by atoms with Gasteiger partial charge in [0.25, 0.3) is 0 Å². The molecule has 2 rings (SSSR count). The van der Waals surface area contributed by atoms with Crippen LogP contribution in [0.3, 0.4) is 0 Å². The maximum atomic E-state index is 10.9. The van der Waals surface area contributed by atoms with Gasteiger partial charge >= 0.3 is 0 Å². The Balaban J connectivity index is 2.35. The maximum absolute atomic E-state index is 10.9. The number of aromatic hydroxyl groups is 1. The van der Waals surface area contributed by atoms with Crippen LogP contribution in [0.4, 0.5) is 0 Å². The quantitative estimate of drug-likeness (QED) is 0.805. The molecular formula is C15H16O4S. The first-order valence-electron chi connectivity index (χ1n) is 6.21. The van der Waals surface area contributed by atoms with Crippen molar-refractivity contribution in [1.29, 1.82) is 0 Å². The average Bonchev–Trinajstić information content (AvgIpc) is 2.44. The van der Waals surface area contributed by atoms with E-state index in [1.54, 1.807) is 18.2 Å². The minimum absolute atomic E-state index is 0.0666. The molecule has 5 heteroatoms. The molecule has 0 saturated carbocycles. The molecule has 4 nitrogen and oxygen atoms in total. The van der Waals surface area contributed by atoms with Gasteiger partial charge in [-0.3, -0.25) is 4.79 Å². The molecule has 2 aromatic carbocycles. The monoisotopic (exact) mass is 292 g/mol. The number of phenols is 1. The van der Waals surface area contributed by atoms with E-state index in [1.165, 1.54) is 13.0 Å². The summed E-state index contributed by atoms with van der Waals surface area (Å²) >= 11 is 0.943. The fourth-order valence-electron chi connectivity index (χ4n) is 2.08. The van der Waals surface area contributed by atoms with E-state index in [0.29, 0.717) is 10.9 Å². The summed E-state index contributed by atoms with van der Waals surface area (Å²) in [6.45, 7) is 1.40. The molecule has 3 N–H and O–H groups in total. The van der Waals surface area contributed by atoms with Gasteiger partial charge in [0.1, 0.15) is 11.9 Å². The molecule has 106 valence electrons. The fraction of sp³-hybridized carbons (Fsp3) is 0.267. The zero-order valence-electron chi connectivity index (χ0n) is 11.0. The highest BCUT2D eigenvalue weighted by molar-refractivity contribution is 8.13. The van der Waals surface area contributed by atoms with E-state index in [2.05, 4.69) is 0 Å².